The maximum Gasteiger partial charge on any atom is 0.176 e. The second-order valence-corrected chi connectivity index (χ2v) is 2.91. The minimum absolute atomic E-state index is 0.645. The molecule has 0 aliphatic carbocycles. The van der Waals surface area contributed by atoms with Crippen molar-refractivity contribution in [2.45, 2.75) is 0 Å². The van der Waals surface area contributed by atoms with Crippen LogP contribution in [0.4, 0.5) is 5.82 Å². The second-order valence-electron chi connectivity index (χ2n) is 2.91. The number of aromatic nitrogens is 2. The molecule has 1 N–H and O–H groups in total. The summed E-state index contributed by atoms with van der Waals surface area (Å²) in [5.74, 6) is 0.645. The number of benzene rings is 1. The number of anilines is 1. The van der Waals surface area contributed by atoms with Gasteiger partial charge in [-0.2, -0.15) is 10.2 Å². The number of allylic oxidation sites excluding steroid dienone is 1. The molecule has 1 aromatic heterocycles. The van der Waals surface area contributed by atoms with Crippen LogP contribution in [0.1, 0.15) is 0 Å². The van der Waals surface area contributed by atoms with Crippen LogP contribution in [0.15, 0.2) is 48.2 Å². The molecule has 4 heteroatoms. The van der Waals surface area contributed by atoms with Crippen LogP contribution in [-0.4, -0.2) is 16.4 Å². The third-order valence-corrected chi connectivity index (χ3v) is 1.92. The van der Waals surface area contributed by atoms with E-state index in [1.165, 1.54) is 0 Å². The maximum atomic E-state index is 3.97. The van der Waals surface area contributed by atoms with Gasteiger partial charge < -0.3 is 0 Å². The molecule has 0 saturated carbocycles. The van der Waals surface area contributed by atoms with Gasteiger partial charge in [0.05, 0.1) is 6.20 Å². The lowest BCUT2D eigenvalue weighted by atomic mass is 10.2. The first-order valence-electron chi connectivity index (χ1n) is 4.52. The van der Waals surface area contributed by atoms with Crippen LogP contribution >= 0.6 is 0 Å². The summed E-state index contributed by atoms with van der Waals surface area (Å²) < 4.78 is 0. The molecule has 2 aromatic rings. The molecule has 74 valence electrons. The molecule has 1 heterocycles. The highest BCUT2D eigenvalue weighted by atomic mass is 15.3. The normalized spacial score (nSPS) is 10.7. The number of hydrazone groups is 1. The van der Waals surface area contributed by atoms with Crippen LogP contribution in [0.2, 0.25) is 0 Å². The molecule has 0 unspecified atom stereocenters. The monoisotopic (exact) mass is 198 g/mol. The van der Waals surface area contributed by atoms with E-state index in [0.29, 0.717) is 5.82 Å². The van der Waals surface area contributed by atoms with Gasteiger partial charge in [0, 0.05) is 17.0 Å². The van der Waals surface area contributed by atoms with E-state index < -0.39 is 0 Å². The zero-order valence-corrected chi connectivity index (χ0v) is 8.09. The Morgan fingerprint density at radius 3 is 3.07 bits per heavy atom. The van der Waals surface area contributed by atoms with Crippen molar-refractivity contribution in [3.8, 4) is 0 Å². The molecule has 4 nitrogen and oxygen atoms in total. The summed E-state index contributed by atoms with van der Waals surface area (Å²) in [4.78, 5) is 0. The van der Waals surface area contributed by atoms with Crippen molar-refractivity contribution in [3.05, 3.63) is 43.1 Å². The molecule has 1 aromatic carbocycles. The summed E-state index contributed by atoms with van der Waals surface area (Å²) in [5, 5.41) is 13.8. The van der Waals surface area contributed by atoms with Crippen molar-refractivity contribution in [1.29, 1.82) is 0 Å². The first-order chi connectivity index (χ1) is 7.42. The third-order valence-electron chi connectivity index (χ3n) is 1.92. The van der Waals surface area contributed by atoms with Crippen LogP contribution in [0.5, 0.6) is 0 Å². The molecule has 0 bridgehead atoms. The summed E-state index contributed by atoms with van der Waals surface area (Å²) >= 11 is 0. The van der Waals surface area contributed by atoms with E-state index in [4.69, 9.17) is 0 Å². The van der Waals surface area contributed by atoms with Crippen LogP contribution < -0.4 is 5.43 Å². The van der Waals surface area contributed by atoms with E-state index in [0.717, 1.165) is 10.8 Å². The zero-order valence-electron chi connectivity index (χ0n) is 8.09. The Hall–Kier alpha value is -2.23. The van der Waals surface area contributed by atoms with Gasteiger partial charge >= 0.3 is 0 Å². The predicted molar refractivity (Wildman–Crippen MR) is 61.8 cm³/mol. The van der Waals surface area contributed by atoms with Crippen molar-refractivity contribution in [3.63, 3.8) is 0 Å². The van der Waals surface area contributed by atoms with Crippen LogP contribution in [0.25, 0.3) is 10.8 Å². The lowest BCUT2D eigenvalue weighted by Crippen LogP contribution is -1.95. The Bertz CT molecular complexity index is 499. The molecule has 2 rings (SSSR count). The lowest BCUT2D eigenvalue weighted by molar-refractivity contribution is 1.04. The molecule has 0 fully saturated rings. The first-order valence-corrected chi connectivity index (χ1v) is 4.52. The highest BCUT2D eigenvalue weighted by Crippen LogP contribution is 2.18. The van der Waals surface area contributed by atoms with Crippen molar-refractivity contribution >= 4 is 22.8 Å². The number of nitrogens with zero attached hydrogens (tertiary/aromatic N) is 3. The predicted octanol–water partition coefficient (Wildman–Crippen LogP) is 2.21. The van der Waals surface area contributed by atoms with E-state index in [-0.39, 0.29) is 0 Å². The lowest BCUT2D eigenvalue weighted by Gasteiger charge is -2.01. The van der Waals surface area contributed by atoms with Gasteiger partial charge in [-0.05, 0) is 6.08 Å². The summed E-state index contributed by atoms with van der Waals surface area (Å²) in [7, 11) is 0. The number of hydrogen-bond donors (Lipinski definition) is 1. The molecule has 0 atom stereocenters. The van der Waals surface area contributed by atoms with Gasteiger partial charge in [-0.3, -0.25) is 5.43 Å². The summed E-state index contributed by atoms with van der Waals surface area (Å²) in [6.45, 7) is 3.53. The molecule has 0 radical (unpaired) electrons. The van der Waals surface area contributed by atoms with Gasteiger partial charge in [0.2, 0.25) is 0 Å². The highest BCUT2D eigenvalue weighted by Gasteiger charge is 1.99. The number of hydrogen-bond acceptors (Lipinski definition) is 4. The maximum absolute atomic E-state index is 3.97. The Morgan fingerprint density at radius 2 is 2.20 bits per heavy atom. The van der Waals surface area contributed by atoms with Gasteiger partial charge in [0.15, 0.2) is 5.82 Å². The topological polar surface area (TPSA) is 50.2 Å². The smallest absolute Gasteiger partial charge is 0.176 e. The quantitative estimate of drug-likeness (QED) is 0.607. The Labute approximate surface area is 87.3 Å². The molecule has 0 amide bonds. The molecule has 0 aliphatic rings. The Morgan fingerprint density at radius 1 is 1.33 bits per heavy atom. The molecule has 0 spiro atoms. The third kappa shape index (κ3) is 1.99. The number of nitrogens with one attached hydrogen (secondary N) is 1. The fraction of sp³-hybridized carbons (Fsp3) is 0. The average molecular weight is 198 g/mol. The van der Waals surface area contributed by atoms with Crippen molar-refractivity contribution in [1.82, 2.24) is 10.2 Å². The van der Waals surface area contributed by atoms with Crippen molar-refractivity contribution in [2.75, 3.05) is 5.43 Å². The summed E-state index contributed by atoms with van der Waals surface area (Å²) in [6, 6.07) is 7.86. The molecule has 0 aliphatic heterocycles. The largest absolute Gasteiger partial charge is 0.259 e. The van der Waals surface area contributed by atoms with Crippen molar-refractivity contribution < 1.29 is 0 Å². The van der Waals surface area contributed by atoms with Crippen LogP contribution in [0, 0.1) is 0 Å². The van der Waals surface area contributed by atoms with Crippen LogP contribution in [0.3, 0.4) is 0 Å². The van der Waals surface area contributed by atoms with E-state index >= 15 is 0 Å². The summed E-state index contributed by atoms with van der Waals surface area (Å²) in [5.41, 5.74) is 2.81. The zero-order chi connectivity index (χ0) is 10.5. The number of rotatable bonds is 3. The molecular formula is C11H10N4. The Balaban J connectivity index is 2.42. The van der Waals surface area contributed by atoms with Crippen molar-refractivity contribution in [2.24, 2.45) is 5.10 Å². The highest BCUT2D eigenvalue weighted by molar-refractivity contribution is 5.91. The van der Waals surface area contributed by atoms with E-state index in [1.807, 2.05) is 24.3 Å². The molecular weight excluding hydrogens is 188 g/mol. The van der Waals surface area contributed by atoms with Gasteiger partial charge in [0.1, 0.15) is 0 Å². The minimum Gasteiger partial charge on any atom is -0.259 e. The van der Waals surface area contributed by atoms with E-state index in [1.54, 1.807) is 18.5 Å². The van der Waals surface area contributed by atoms with E-state index in [2.05, 4.69) is 27.3 Å². The SMILES string of the molecule is C=C/C=N/Nc1nncc2ccccc12. The standard InChI is InChI=1S/C11H10N4/c1-2-7-12-14-11-10-6-4-3-5-9(10)8-13-15-11/h2-8H,1H2,(H,14,15)/b12-7+. The van der Waals surface area contributed by atoms with Gasteiger partial charge in [-0.25, -0.2) is 0 Å². The van der Waals surface area contributed by atoms with Gasteiger partial charge in [-0.15, -0.1) is 5.10 Å². The number of fused-ring (bicyclic) bond motifs is 1. The fourth-order valence-electron chi connectivity index (χ4n) is 1.26. The molecule has 15 heavy (non-hydrogen) atoms. The molecule has 0 saturated heterocycles. The van der Waals surface area contributed by atoms with Gasteiger partial charge in [0.25, 0.3) is 0 Å². The van der Waals surface area contributed by atoms with E-state index in [9.17, 15) is 0 Å². The second kappa shape index (κ2) is 4.32. The average Bonchev–Trinajstić information content (AvgIpc) is 2.30. The van der Waals surface area contributed by atoms with Crippen LogP contribution in [-0.2, 0) is 0 Å². The Kier molecular flexibility index (Phi) is 2.69. The summed E-state index contributed by atoms with van der Waals surface area (Å²) in [6.07, 6.45) is 4.87. The first kappa shape index (κ1) is 9.33. The fourth-order valence-corrected chi connectivity index (χ4v) is 1.26. The van der Waals surface area contributed by atoms with Gasteiger partial charge in [-0.1, -0.05) is 30.8 Å². The minimum atomic E-state index is 0.645.